The largest absolute Gasteiger partial charge is 0.332 e. The van der Waals surface area contributed by atoms with Gasteiger partial charge in [0.05, 0.1) is 12.1 Å². The van der Waals surface area contributed by atoms with Gasteiger partial charge in [0.2, 0.25) is 0 Å². The van der Waals surface area contributed by atoms with Crippen molar-refractivity contribution in [3.05, 3.63) is 27.8 Å². The fraction of sp³-hybridized carbons (Fsp3) is 0.579. The third kappa shape index (κ3) is 4.06. The number of hydrogen-bond donors (Lipinski definition) is 2. The quantitative estimate of drug-likeness (QED) is 0.435. The van der Waals surface area contributed by atoms with Crippen LogP contribution in [-0.4, -0.2) is 57.9 Å². The molecule has 146 valence electrons. The van der Waals surface area contributed by atoms with Crippen LogP contribution in [0.15, 0.2) is 24.3 Å². The van der Waals surface area contributed by atoms with Gasteiger partial charge in [-0.25, -0.2) is 9.59 Å². The van der Waals surface area contributed by atoms with Crippen LogP contribution >= 0.6 is 38.5 Å². The lowest BCUT2D eigenvalue weighted by Crippen LogP contribution is -2.52. The first kappa shape index (κ1) is 19.3. The normalized spacial score (nSPS) is 28.7. The van der Waals surface area contributed by atoms with Crippen LogP contribution < -0.4 is 10.6 Å². The second kappa shape index (κ2) is 8.14. The lowest BCUT2D eigenvalue weighted by molar-refractivity contribution is 0.113. The van der Waals surface area contributed by atoms with Crippen molar-refractivity contribution in [3.8, 4) is 0 Å². The Morgan fingerprint density at radius 1 is 1.15 bits per heavy atom. The molecule has 3 aliphatic rings. The van der Waals surface area contributed by atoms with Crippen molar-refractivity contribution in [2.24, 2.45) is 0 Å². The number of anilines is 1. The molecule has 2 saturated heterocycles. The summed E-state index contributed by atoms with van der Waals surface area (Å²) in [7, 11) is 0. The summed E-state index contributed by atoms with van der Waals surface area (Å²) in [6.07, 6.45) is 5.01. The lowest BCUT2D eigenvalue weighted by Gasteiger charge is -2.41. The van der Waals surface area contributed by atoms with Gasteiger partial charge in [-0.3, -0.25) is 0 Å². The first-order chi connectivity index (χ1) is 13.0. The molecule has 8 heteroatoms. The van der Waals surface area contributed by atoms with Gasteiger partial charge in [-0.1, -0.05) is 22.4 Å². The number of piperidine rings is 1. The maximum Gasteiger partial charge on any atom is 0.321 e. The van der Waals surface area contributed by atoms with E-state index >= 15 is 0 Å². The molecule has 1 aromatic rings. The standard InChI is InChI=1S/C19H24BrIN4O2/c20-15-2-1-3-16-17(15)23-19(27)25(16)14-8-10-24(11-9-14)18(26)22-13-6-4-12(21)5-7-13/h4-7,14-17H,1-3,8-11H2,(H,22,26)(H,23,27). The fourth-order valence-corrected chi connectivity index (χ4v) is 5.68. The summed E-state index contributed by atoms with van der Waals surface area (Å²) < 4.78 is 1.14. The number of fused-ring (bicyclic) bond motifs is 1. The zero-order chi connectivity index (χ0) is 19.0. The minimum Gasteiger partial charge on any atom is -0.332 e. The summed E-state index contributed by atoms with van der Waals surface area (Å²) >= 11 is 5.98. The van der Waals surface area contributed by atoms with Gasteiger partial charge in [0, 0.05) is 33.2 Å². The molecule has 3 fully saturated rings. The zero-order valence-electron chi connectivity index (χ0n) is 15.0. The van der Waals surface area contributed by atoms with E-state index in [-0.39, 0.29) is 30.2 Å². The molecule has 0 bridgehead atoms. The maximum absolute atomic E-state index is 12.6. The molecule has 3 unspecified atom stereocenters. The van der Waals surface area contributed by atoms with E-state index in [1.54, 1.807) is 0 Å². The number of rotatable bonds is 2. The number of alkyl halides is 1. The molecule has 1 aromatic carbocycles. The molecule has 3 atom stereocenters. The number of hydrogen-bond acceptors (Lipinski definition) is 2. The van der Waals surface area contributed by atoms with E-state index < -0.39 is 0 Å². The number of benzene rings is 1. The molecular weight excluding hydrogens is 523 g/mol. The van der Waals surface area contributed by atoms with Crippen molar-refractivity contribution in [1.82, 2.24) is 15.1 Å². The number of amides is 4. The Labute approximate surface area is 181 Å². The van der Waals surface area contributed by atoms with Crippen molar-refractivity contribution in [1.29, 1.82) is 0 Å². The molecule has 2 aliphatic heterocycles. The number of nitrogens with one attached hydrogen (secondary N) is 2. The summed E-state index contributed by atoms with van der Waals surface area (Å²) in [4.78, 5) is 29.4. The summed E-state index contributed by atoms with van der Waals surface area (Å²) in [5.74, 6) is 0. The Hall–Kier alpha value is -1.03. The zero-order valence-corrected chi connectivity index (χ0v) is 18.8. The van der Waals surface area contributed by atoms with Gasteiger partial charge in [0.15, 0.2) is 0 Å². The number of nitrogens with zero attached hydrogens (tertiary/aromatic N) is 2. The third-order valence-electron chi connectivity index (χ3n) is 5.91. The fourth-order valence-electron chi connectivity index (χ4n) is 4.51. The number of urea groups is 2. The highest BCUT2D eigenvalue weighted by Crippen LogP contribution is 2.35. The average molecular weight is 547 g/mol. The van der Waals surface area contributed by atoms with E-state index in [9.17, 15) is 9.59 Å². The molecule has 4 amide bonds. The Balaban J connectivity index is 1.34. The van der Waals surface area contributed by atoms with E-state index in [2.05, 4.69) is 54.1 Å². The van der Waals surface area contributed by atoms with Crippen LogP contribution in [0.5, 0.6) is 0 Å². The molecule has 0 aromatic heterocycles. The Kier molecular flexibility index (Phi) is 5.82. The molecule has 2 N–H and O–H groups in total. The van der Waals surface area contributed by atoms with Crippen LogP contribution in [0.1, 0.15) is 32.1 Å². The summed E-state index contributed by atoms with van der Waals surface area (Å²) in [5, 5.41) is 6.14. The van der Waals surface area contributed by atoms with Gasteiger partial charge in [-0.15, -0.1) is 0 Å². The van der Waals surface area contributed by atoms with Gasteiger partial charge < -0.3 is 20.4 Å². The van der Waals surface area contributed by atoms with Crippen LogP contribution in [-0.2, 0) is 0 Å². The minimum absolute atomic E-state index is 0.0587. The summed E-state index contributed by atoms with van der Waals surface area (Å²) in [5.41, 5.74) is 0.815. The highest BCUT2D eigenvalue weighted by atomic mass is 127. The van der Waals surface area contributed by atoms with Gasteiger partial charge in [0.1, 0.15) is 0 Å². The molecular formula is C19H24BrIN4O2. The second-order valence-electron chi connectivity index (χ2n) is 7.55. The number of carbonyl (C=O) groups is 2. The SMILES string of the molecule is O=C(Nc1ccc(I)cc1)N1CCC(N2C(=O)NC3C(Br)CCCC32)CC1. The van der Waals surface area contributed by atoms with Crippen molar-refractivity contribution in [2.75, 3.05) is 18.4 Å². The smallest absolute Gasteiger partial charge is 0.321 e. The third-order valence-corrected chi connectivity index (χ3v) is 7.65. The van der Waals surface area contributed by atoms with Gasteiger partial charge in [0.25, 0.3) is 0 Å². The predicted octanol–water partition coefficient (Wildman–Crippen LogP) is 4.00. The Bertz CT molecular complexity index is 708. The molecule has 6 nitrogen and oxygen atoms in total. The maximum atomic E-state index is 12.6. The molecule has 0 radical (unpaired) electrons. The van der Waals surface area contributed by atoms with E-state index in [0.717, 1.165) is 41.4 Å². The van der Waals surface area contributed by atoms with Crippen LogP contribution in [0.3, 0.4) is 0 Å². The molecule has 2 heterocycles. The second-order valence-corrected chi connectivity index (χ2v) is 9.97. The van der Waals surface area contributed by atoms with Crippen LogP contribution in [0.2, 0.25) is 0 Å². The summed E-state index contributed by atoms with van der Waals surface area (Å²) in [6.45, 7) is 1.36. The van der Waals surface area contributed by atoms with E-state index in [1.165, 1.54) is 0 Å². The van der Waals surface area contributed by atoms with Crippen LogP contribution in [0.4, 0.5) is 15.3 Å². The monoisotopic (exact) mass is 546 g/mol. The van der Waals surface area contributed by atoms with Crippen molar-refractivity contribution in [3.63, 3.8) is 0 Å². The number of likely N-dealkylation sites (tertiary alicyclic amines) is 1. The lowest BCUT2D eigenvalue weighted by atomic mass is 9.89. The number of halogens is 2. The minimum atomic E-state index is -0.0587. The van der Waals surface area contributed by atoms with Crippen LogP contribution in [0, 0.1) is 3.57 Å². The van der Waals surface area contributed by atoms with Gasteiger partial charge >= 0.3 is 12.1 Å². The Morgan fingerprint density at radius 3 is 2.56 bits per heavy atom. The highest BCUT2D eigenvalue weighted by molar-refractivity contribution is 14.1. The molecule has 4 rings (SSSR count). The molecule has 0 spiro atoms. The predicted molar refractivity (Wildman–Crippen MR) is 117 cm³/mol. The van der Waals surface area contributed by atoms with Crippen molar-refractivity contribution < 1.29 is 9.59 Å². The van der Waals surface area contributed by atoms with Gasteiger partial charge in [-0.05, 0) is 72.5 Å². The van der Waals surface area contributed by atoms with Gasteiger partial charge in [-0.2, -0.15) is 0 Å². The first-order valence-corrected chi connectivity index (χ1v) is 11.6. The average Bonchev–Trinajstić information content (AvgIpc) is 3.01. The highest BCUT2D eigenvalue weighted by Gasteiger charge is 2.47. The molecule has 27 heavy (non-hydrogen) atoms. The van der Waals surface area contributed by atoms with Crippen molar-refractivity contribution >= 4 is 56.3 Å². The van der Waals surface area contributed by atoms with Crippen LogP contribution in [0.25, 0.3) is 0 Å². The summed E-state index contributed by atoms with van der Waals surface area (Å²) in [6, 6.07) is 8.52. The van der Waals surface area contributed by atoms with E-state index in [0.29, 0.717) is 17.9 Å². The molecule has 1 aliphatic carbocycles. The molecule has 1 saturated carbocycles. The topological polar surface area (TPSA) is 64.7 Å². The Morgan fingerprint density at radius 2 is 1.85 bits per heavy atom. The van der Waals surface area contributed by atoms with Crippen molar-refractivity contribution in [2.45, 2.75) is 55.1 Å². The first-order valence-electron chi connectivity index (χ1n) is 9.57. The number of carbonyl (C=O) groups excluding carboxylic acids is 2. The van der Waals surface area contributed by atoms with E-state index in [4.69, 9.17) is 0 Å². The van der Waals surface area contributed by atoms with E-state index in [1.807, 2.05) is 29.2 Å².